The van der Waals surface area contributed by atoms with Gasteiger partial charge in [-0.25, -0.2) is 0 Å². The Kier molecular flexibility index (Phi) is 8.15. The smallest absolute Gasteiger partial charge is 0.0413 e. The fourth-order valence-corrected chi connectivity index (χ4v) is 3.70. The Bertz CT molecular complexity index is 530. The highest BCUT2D eigenvalue weighted by atomic mass is 14.8. The molecule has 1 fully saturated rings. The van der Waals surface area contributed by atoms with E-state index in [1.54, 1.807) is 0 Å². The van der Waals surface area contributed by atoms with Crippen LogP contribution in [0.5, 0.6) is 0 Å². The summed E-state index contributed by atoms with van der Waals surface area (Å²) in [6, 6.07) is 9.10. The standard InChI is InChI=1S/C23H35N/c1-4-19(2)18-23(24-3)22-16-14-21(15-17-22)13-9-8-12-20-10-6-5-7-11-20/h4,14-18,20,24H,5-13H2,1-3H3/b19-4-,23-18-. The van der Waals surface area contributed by atoms with Crippen molar-refractivity contribution in [1.82, 2.24) is 5.32 Å². The molecule has 0 heterocycles. The summed E-state index contributed by atoms with van der Waals surface area (Å²) in [5.41, 5.74) is 5.21. The van der Waals surface area contributed by atoms with Crippen LogP contribution in [0.3, 0.4) is 0 Å². The van der Waals surface area contributed by atoms with Crippen molar-refractivity contribution in [2.24, 2.45) is 5.92 Å². The van der Waals surface area contributed by atoms with Gasteiger partial charge in [0.1, 0.15) is 0 Å². The normalized spacial score (nSPS) is 17.1. The number of rotatable bonds is 8. The number of hydrogen-bond donors (Lipinski definition) is 1. The van der Waals surface area contributed by atoms with E-state index in [4.69, 9.17) is 0 Å². The molecule has 0 aliphatic heterocycles. The van der Waals surface area contributed by atoms with Crippen LogP contribution in [-0.2, 0) is 6.42 Å². The summed E-state index contributed by atoms with van der Waals surface area (Å²) in [4.78, 5) is 0. The van der Waals surface area contributed by atoms with Crippen molar-refractivity contribution < 1.29 is 0 Å². The summed E-state index contributed by atoms with van der Waals surface area (Å²) in [6.07, 6.45) is 17.1. The second-order valence-electron chi connectivity index (χ2n) is 7.29. The Morgan fingerprint density at radius 3 is 2.42 bits per heavy atom. The first-order valence-electron chi connectivity index (χ1n) is 9.84. The Morgan fingerprint density at radius 2 is 1.79 bits per heavy atom. The van der Waals surface area contributed by atoms with Gasteiger partial charge in [0.25, 0.3) is 0 Å². The van der Waals surface area contributed by atoms with Gasteiger partial charge in [-0.2, -0.15) is 0 Å². The first-order chi connectivity index (χ1) is 11.7. The number of aryl methyl sites for hydroxylation is 1. The van der Waals surface area contributed by atoms with Gasteiger partial charge in [0.05, 0.1) is 0 Å². The molecule has 1 aromatic rings. The minimum Gasteiger partial charge on any atom is -0.388 e. The second-order valence-corrected chi connectivity index (χ2v) is 7.29. The van der Waals surface area contributed by atoms with E-state index >= 15 is 0 Å². The Labute approximate surface area is 149 Å². The summed E-state index contributed by atoms with van der Waals surface area (Å²) in [7, 11) is 1.99. The molecular formula is C23H35N. The van der Waals surface area contributed by atoms with Gasteiger partial charge in [0.15, 0.2) is 0 Å². The Morgan fingerprint density at radius 1 is 1.08 bits per heavy atom. The lowest BCUT2D eigenvalue weighted by Crippen LogP contribution is -2.06. The SMILES string of the molecule is C/C=C(C)\C=C(/NC)c1ccc(CCCCC2CCCCC2)cc1. The quantitative estimate of drug-likeness (QED) is 0.424. The Balaban J connectivity index is 1.79. The van der Waals surface area contributed by atoms with Crippen LogP contribution in [0, 0.1) is 5.92 Å². The van der Waals surface area contributed by atoms with Crippen LogP contribution in [-0.4, -0.2) is 7.05 Å². The van der Waals surface area contributed by atoms with E-state index in [1.807, 2.05) is 7.05 Å². The van der Waals surface area contributed by atoms with Crippen LogP contribution < -0.4 is 5.32 Å². The zero-order valence-corrected chi connectivity index (χ0v) is 15.9. The second kappa shape index (κ2) is 10.4. The zero-order chi connectivity index (χ0) is 17.2. The molecule has 1 aliphatic rings. The van der Waals surface area contributed by atoms with Gasteiger partial charge in [-0.15, -0.1) is 0 Å². The number of unbranched alkanes of at least 4 members (excludes halogenated alkanes) is 1. The molecule has 1 saturated carbocycles. The van der Waals surface area contributed by atoms with Crippen LogP contribution in [0.15, 0.2) is 42.0 Å². The monoisotopic (exact) mass is 325 g/mol. The molecule has 0 unspecified atom stereocenters. The van der Waals surface area contributed by atoms with Crippen molar-refractivity contribution in [1.29, 1.82) is 0 Å². The van der Waals surface area contributed by atoms with Crippen LogP contribution in [0.25, 0.3) is 5.70 Å². The molecule has 0 atom stereocenters. The van der Waals surface area contributed by atoms with Crippen LogP contribution >= 0.6 is 0 Å². The highest BCUT2D eigenvalue weighted by molar-refractivity contribution is 5.66. The number of hydrogen-bond acceptors (Lipinski definition) is 1. The maximum absolute atomic E-state index is 3.31. The lowest BCUT2D eigenvalue weighted by atomic mass is 9.85. The molecule has 1 nitrogen and oxygen atoms in total. The maximum atomic E-state index is 3.31. The van der Waals surface area contributed by atoms with E-state index in [9.17, 15) is 0 Å². The highest BCUT2D eigenvalue weighted by Gasteiger charge is 2.12. The zero-order valence-electron chi connectivity index (χ0n) is 15.9. The summed E-state index contributed by atoms with van der Waals surface area (Å²) in [5, 5.41) is 3.31. The van der Waals surface area contributed by atoms with Gasteiger partial charge in [-0.05, 0) is 49.8 Å². The molecule has 2 rings (SSSR count). The van der Waals surface area contributed by atoms with Crippen molar-refractivity contribution in [2.45, 2.75) is 71.6 Å². The lowest BCUT2D eigenvalue weighted by molar-refractivity contribution is 0.330. The molecule has 1 N–H and O–H groups in total. The number of benzene rings is 1. The molecule has 0 spiro atoms. The molecule has 1 aromatic carbocycles. The molecule has 0 radical (unpaired) electrons. The molecule has 1 aliphatic carbocycles. The van der Waals surface area contributed by atoms with E-state index in [1.165, 1.54) is 80.2 Å². The van der Waals surface area contributed by atoms with Gasteiger partial charge in [0.2, 0.25) is 0 Å². The van der Waals surface area contributed by atoms with Crippen LogP contribution in [0.4, 0.5) is 0 Å². The number of allylic oxidation sites excluding steroid dienone is 3. The van der Waals surface area contributed by atoms with Crippen molar-refractivity contribution in [2.75, 3.05) is 7.05 Å². The summed E-state index contributed by atoms with van der Waals surface area (Å²) < 4.78 is 0. The van der Waals surface area contributed by atoms with Crippen LogP contribution in [0.2, 0.25) is 0 Å². The molecule has 0 saturated heterocycles. The van der Waals surface area contributed by atoms with Gasteiger partial charge >= 0.3 is 0 Å². The fraction of sp³-hybridized carbons (Fsp3) is 0.565. The third-order valence-corrected chi connectivity index (χ3v) is 5.41. The molecular weight excluding hydrogens is 290 g/mol. The Hall–Kier alpha value is -1.50. The third-order valence-electron chi connectivity index (χ3n) is 5.41. The van der Waals surface area contributed by atoms with Crippen LogP contribution in [0.1, 0.15) is 76.3 Å². The summed E-state index contributed by atoms with van der Waals surface area (Å²) in [5.74, 6) is 1.03. The first kappa shape index (κ1) is 18.8. The van der Waals surface area contributed by atoms with Crippen molar-refractivity contribution in [3.8, 4) is 0 Å². The number of nitrogens with one attached hydrogen (secondary N) is 1. The fourth-order valence-electron chi connectivity index (χ4n) is 3.70. The average Bonchev–Trinajstić information content (AvgIpc) is 2.64. The molecule has 0 bridgehead atoms. The summed E-state index contributed by atoms with van der Waals surface area (Å²) >= 11 is 0. The minimum atomic E-state index is 1.03. The van der Waals surface area contributed by atoms with Gasteiger partial charge in [-0.1, -0.05) is 80.9 Å². The van der Waals surface area contributed by atoms with Crippen molar-refractivity contribution >= 4 is 5.70 Å². The molecule has 1 heteroatoms. The topological polar surface area (TPSA) is 12.0 Å². The first-order valence-corrected chi connectivity index (χ1v) is 9.84. The lowest BCUT2D eigenvalue weighted by Gasteiger charge is -2.21. The van der Waals surface area contributed by atoms with Gasteiger partial charge in [-0.3, -0.25) is 0 Å². The van der Waals surface area contributed by atoms with E-state index in [-0.39, 0.29) is 0 Å². The van der Waals surface area contributed by atoms with Gasteiger partial charge in [0, 0.05) is 12.7 Å². The molecule has 24 heavy (non-hydrogen) atoms. The molecule has 132 valence electrons. The average molecular weight is 326 g/mol. The summed E-state index contributed by atoms with van der Waals surface area (Å²) in [6.45, 7) is 4.22. The van der Waals surface area contributed by atoms with E-state index in [0.29, 0.717) is 0 Å². The largest absolute Gasteiger partial charge is 0.388 e. The van der Waals surface area contributed by atoms with Crippen molar-refractivity contribution in [3.63, 3.8) is 0 Å². The van der Waals surface area contributed by atoms with Crippen molar-refractivity contribution in [3.05, 3.63) is 53.1 Å². The molecule has 0 amide bonds. The predicted molar refractivity (Wildman–Crippen MR) is 107 cm³/mol. The predicted octanol–water partition coefficient (Wildman–Crippen LogP) is 6.51. The van der Waals surface area contributed by atoms with E-state index < -0.39 is 0 Å². The minimum absolute atomic E-state index is 1.03. The highest BCUT2D eigenvalue weighted by Crippen LogP contribution is 2.28. The van der Waals surface area contributed by atoms with E-state index in [0.717, 1.165) is 5.92 Å². The third kappa shape index (κ3) is 6.19. The maximum Gasteiger partial charge on any atom is 0.0413 e. The van der Waals surface area contributed by atoms with Gasteiger partial charge < -0.3 is 5.32 Å². The van der Waals surface area contributed by atoms with E-state index in [2.05, 4.69) is 55.6 Å². The molecule has 0 aromatic heterocycles.